The van der Waals surface area contributed by atoms with Gasteiger partial charge >= 0.3 is 0 Å². The van der Waals surface area contributed by atoms with Crippen LogP contribution in [0.5, 0.6) is 0 Å². The van der Waals surface area contributed by atoms with E-state index in [1.807, 2.05) is 5.57 Å². The van der Waals surface area contributed by atoms with Gasteiger partial charge in [-0.05, 0) is 91.3 Å². The first-order valence-electron chi connectivity index (χ1n) is 12.6. The zero-order chi connectivity index (χ0) is 19.2. The molecule has 0 N–H and O–H groups in total. The Balaban J connectivity index is 1.50. The van der Waals surface area contributed by atoms with Gasteiger partial charge < -0.3 is 0 Å². The molecular weight excluding hydrogens is 324 g/mol. The average molecular weight is 371 g/mol. The summed E-state index contributed by atoms with van der Waals surface area (Å²) in [6, 6.07) is 0. The first kappa shape index (κ1) is 20.0. The number of hydrogen-bond acceptors (Lipinski definition) is 0. The Kier molecular flexibility index (Phi) is 5.59. The first-order valence-corrected chi connectivity index (χ1v) is 12.6. The molecule has 3 saturated carbocycles. The minimum Gasteiger partial charge on any atom is -0.0844 e. The summed E-state index contributed by atoms with van der Waals surface area (Å²) in [5, 5.41) is 0. The molecular formula is C27H46. The lowest BCUT2D eigenvalue weighted by atomic mass is 9.48. The van der Waals surface area contributed by atoms with Crippen LogP contribution in [0.4, 0.5) is 0 Å². The normalized spacial score (nSPS) is 45.0. The fraction of sp³-hybridized carbons (Fsp3) is 0.926. The lowest BCUT2D eigenvalue weighted by Gasteiger charge is -2.57. The van der Waals surface area contributed by atoms with Crippen molar-refractivity contribution in [2.45, 2.75) is 112 Å². The molecule has 0 spiro atoms. The molecule has 4 aliphatic carbocycles. The van der Waals surface area contributed by atoms with Crippen LogP contribution in [0.3, 0.4) is 0 Å². The van der Waals surface area contributed by atoms with Gasteiger partial charge in [-0.3, -0.25) is 0 Å². The van der Waals surface area contributed by atoms with Crippen molar-refractivity contribution in [2.75, 3.05) is 0 Å². The smallest absolute Gasteiger partial charge is 0.0143 e. The summed E-state index contributed by atoms with van der Waals surface area (Å²) in [5.74, 6) is 5.64. The molecule has 0 saturated heterocycles. The van der Waals surface area contributed by atoms with Crippen LogP contribution in [0.1, 0.15) is 112 Å². The quantitative estimate of drug-likeness (QED) is 0.426. The Morgan fingerprint density at radius 2 is 1.67 bits per heavy atom. The van der Waals surface area contributed by atoms with E-state index in [4.69, 9.17) is 0 Å². The maximum absolute atomic E-state index is 2.79. The van der Waals surface area contributed by atoms with Crippen molar-refractivity contribution in [3.8, 4) is 0 Å². The van der Waals surface area contributed by atoms with Crippen LogP contribution >= 0.6 is 0 Å². The molecule has 0 bridgehead atoms. The molecule has 0 aromatic rings. The van der Waals surface area contributed by atoms with Crippen LogP contribution in [0.15, 0.2) is 11.6 Å². The van der Waals surface area contributed by atoms with Crippen molar-refractivity contribution in [3.05, 3.63) is 11.6 Å². The van der Waals surface area contributed by atoms with Gasteiger partial charge in [0.1, 0.15) is 0 Å². The molecule has 4 aliphatic rings. The van der Waals surface area contributed by atoms with Crippen LogP contribution < -0.4 is 0 Å². The Bertz CT molecular complexity index is 556. The highest BCUT2D eigenvalue weighted by atomic mass is 14.6. The van der Waals surface area contributed by atoms with Gasteiger partial charge in [-0.1, -0.05) is 78.4 Å². The number of allylic oxidation sites excluding steroid dienone is 2. The number of fused-ring (bicyclic) bond motifs is 5. The van der Waals surface area contributed by atoms with Crippen molar-refractivity contribution < 1.29 is 0 Å². The molecule has 3 fully saturated rings. The predicted molar refractivity (Wildman–Crippen MR) is 118 cm³/mol. The van der Waals surface area contributed by atoms with Crippen molar-refractivity contribution in [2.24, 2.45) is 46.3 Å². The van der Waals surface area contributed by atoms with Gasteiger partial charge in [-0.25, -0.2) is 0 Å². The highest BCUT2D eigenvalue weighted by Crippen LogP contribution is 2.66. The van der Waals surface area contributed by atoms with E-state index in [-0.39, 0.29) is 0 Å². The van der Waals surface area contributed by atoms with Gasteiger partial charge in [0, 0.05) is 0 Å². The Morgan fingerprint density at radius 1 is 0.889 bits per heavy atom. The average Bonchev–Trinajstić information content (AvgIpc) is 2.98. The first-order chi connectivity index (χ1) is 12.9. The standard InChI is InChI=1S/C27H46/c1-19(2)9-8-10-20(3)23-14-15-24-22-13-12-21-11-6-7-17-26(21,4)25(22)16-18-27(23,24)5/h13,19-21,23-25H,6-12,14-18H2,1-5H3/t20-,21-,23-,24-,25+,26+,27-/m1/s1. The third-order valence-electron chi connectivity index (χ3n) is 10.2. The molecule has 0 unspecified atom stereocenters. The molecule has 7 atom stereocenters. The fourth-order valence-corrected chi connectivity index (χ4v) is 8.57. The van der Waals surface area contributed by atoms with E-state index in [1.54, 1.807) is 0 Å². The molecule has 4 rings (SSSR count). The molecule has 0 radical (unpaired) electrons. The van der Waals surface area contributed by atoms with Crippen LogP contribution in [0, 0.1) is 46.3 Å². The molecule has 0 heteroatoms. The van der Waals surface area contributed by atoms with E-state index in [9.17, 15) is 0 Å². The zero-order valence-corrected chi connectivity index (χ0v) is 19.0. The van der Waals surface area contributed by atoms with E-state index >= 15 is 0 Å². The van der Waals surface area contributed by atoms with Gasteiger partial charge in [0.05, 0.1) is 0 Å². The molecule has 0 aromatic carbocycles. The second-order valence-corrected chi connectivity index (χ2v) is 12.0. The Morgan fingerprint density at radius 3 is 2.44 bits per heavy atom. The Labute approximate surface area is 170 Å². The van der Waals surface area contributed by atoms with E-state index in [2.05, 4.69) is 40.7 Å². The van der Waals surface area contributed by atoms with Crippen LogP contribution in [-0.2, 0) is 0 Å². The second-order valence-electron chi connectivity index (χ2n) is 12.0. The van der Waals surface area contributed by atoms with Crippen molar-refractivity contribution >= 4 is 0 Å². The summed E-state index contributed by atoms with van der Waals surface area (Å²) in [6.07, 6.45) is 20.6. The molecule has 0 heterocycles. The van der Waals surface area contributed by atoms with Crippen molar-refractivity contribution in [1.29, 1.82) is 0 Å². The predicted octanol–water partition coefficient (Wildman–Crippen LogP) is 8.42. The van der Waals surface area contributed by atoms with E-state index in [0.717, 1.165) is 35.5 Å². The monoisotopic (exact) mass is 370 g/mol. The van der Waals surface area contributed by atoms with E-state index in [0.29, 0.717) is 10.8 Å². The van der Waals surface area contributed by atoms with Crippen LogP contribution in [-0.4, -0.2) is 0 Å². The van der Waals surface area contributed by atoms with E-state index in [1.165, 1.54) is 77.0 Å². The highest BCUT2D eigenvalue weighted by Gasteiger charge is 2.57. The lowest BCUT2D eigenvalue weighted by molar-refractivity contribution is -0.00801. The number of rotatable bonds is 5. The largest absolute Gasteiger partial charge is 0.0844 e. The van der Waals surface area contributed by atoms with Crippen molar-refractivity contribution in [3.63, 3.8) is 0 Å². The van der Waals surface area contributed by atoms with Gasteiger partial charge in [0.2, 0.25) is 0 Å². The molecule has 0 amide bonds. The maximum Gasteiger partial charge on any atom is -0.0143 e. The van der Waals surface area contributed by atoms with Gasteiger partial charge in [0.15, 0.2) is 0 Å². The van der Waals surface area contributed by atoms with Crippen LogP contribution in [0.2, 0.25) is 0 Å². The van der Waals surface area contributed by atoms with Crippen molar-refractivity contribution in [1.82, 2.24) is 0 Å². The van der Waals surface area contributed by atoms with Gasteiger partial charge in [-0.15, -0.1) is 0 Å². The summed E-state index contributed by atoms with van der Waals surface area (Å²) < 4.78 is 0. The van der Waals surface area contributed by atoms with Gasteiger partial charge in [0.25, 0.3) is 0 Å². The highest BCUT2D eigenvalue weighted by molar-refractivity contribution is 5.27. The SMILES string of the molecule is CC(C)CCC[C@@H](C)[C@H]1CC[C@@H]2C3=CC[C@H]4CCCC[C@]4(C)[C@H]3CC[C@@]21C. The summed E-state index contributed by atoms with van der Waals surface area (Å²) >= 11 is 0. The molecule has 154 valence electrons. The fourth-order valence-electron chi connectivity index (χ4n) is 8.57. The summed E-state index contributed by atoms with van der Waals surface area (Å²) in [6.45, 7) is 12.8. The summed E-state index contributed by atoms with van der Waals surface area (Å²) in [5.41, 5.74) is 3.21. The van der Waals surface area contributed by atoms with Gasteiger partial charge in [-0.2, -0.15) is 0 Å². The second kappa shape index (κ2) is 7.53. The molecule has 0 aromatic heterocycles. The summed E-state index contributed by atoms with van der Waals surface area (Å²) in [4.78, 5) is 0. The van der Waals surface area contributed by atoms with E-state index < -0.39 is 0 Å². The zero-order valence-electron chi connectivity index (χ0n) is 19.0. The number of hydrogen-bond donors (Lipinski definition) is 0. The third-order valence-corrected chi connectivity index (χ3v) is 10.2. The topological polar surface area (TPSA) is 0 Å². The molecule has 27 heavy (non-hydrogen) atoms. The molecule has 0 nitrogen and oxygen atoms in total. The summed E-state index contributed by atoms with van der Waals surface area (Å²) in [7, 11) is 0. The third kappa shape index (κ3) is 3.36. The lowest BCUT2D eigenvalue weighted by Crippen LogP contribution is -2.48. The van der Waals surface area contributed by atoms with Crippen LogP contribution in [0.25, 0.3) is 0 Å². The maximum atomic E-state index is 2.79. The minimum absolute atomic E-state index is 0.609. The molecule has 0 aliphatic heterocycles. The Hall–Kier alpha value is -0.260. The minimum atomic E-state index is 0.609.